The molecule has 6 nitrogen and oxygen atoms in total. The Morgan fingerprint density at radius 1 is 1.06 bits per heavy atom. The zero-order chi connectivity index (χ0) is 22.5. The number of carbonyl (C=O) groups excluding carboxylic acids is 2. The Bertz CT molecular complexity index is 1040. The lowest BCUT2D eigenvalue weighted by Gasteiger charge is -2.62. The van der Waals surface area contributed by atoms with Gasteiger partial charge < -0.3 is 19.7 Å². The maximum Gasteiger partial charge on any atom is 0.342 e. The van der Waals surface area contributed by atoms with Crippen molar-refractivity contribution in [3.63, 3.8) is 0 Å². The van der Waals surface area contributed by atoms with Crippen LogP contribution in [-0.4, -0.2) is 39.8 Å². The molecule has 0 unspecified atom stereocenters. The fourth-order valence-corrected chi connectivity index (χ4v) is 6.83. The molecule has 2 N–H and O–H groups in total. The quantitative estimate of drug-likeness (QED) is 0.618. The van der Waals surface area contributed by atoms with Crippen LogP contribution >= 0.6 is 0 Å². The summed E-state index contributed by atoms with van der Waals surface area (Å²) < 4.78 is 11.8. The van der Waals surface area contributed by atoms with Crippen molar-refractivity contribution in [2.24, 2.45) is 22.7 Å². The number of allylic oxidation sites excluding steroid dienone is 2. The number of rotatable bonds is 0. The van der Waals surface area contributed by atoms with E-state index in [1.165, 1.54) is 6.07 Å². The van der Waals surface area contributed by atoms with E-state index in [4.69, 9.17) is 9.47 Å². The van der Waals surface area contributed by atoms with Gasteiger partial charge in [-0.15, -0.1) is 0 Å². The highest BCUT2D eigenvalue weighted by Gasteiger charge is 2.64. The fourth-order valence-electron chi connectivity index (χ4n) is 6.83. The number of hydrogen-bond donors (Lipinski definition) is 2. The summed E-state index contributed by atoms with van der Waals surface area (Å²) >= 11 is 0. The van der Waals surface area contributed by atoms with E-state index in [1.807, 2.05) is 33.8 Å². The first-order chi connectivity index (χ1) is 14.4. The third-order valence-corrected chi connectivity index (χ3v) is 8.64. The van der Waals surface area contributed by atoms with Gasteiger partial charge in [-0.1, -0.05) is 26.8 Å². The highest BCUT2D eigenvalue weighted by atomic mass is 16.5. The van der Waals surface area contributed by atoms with Gasteiger partial charge >= 0.3 is 5.97 Å². The molecule has 0 saturated heterocycles. The maximum atomic E-state index is 12.7. The average molecular weight is 427 g/mol. The van der Waals surface area contributed by atoms with Crippen LogP contribution in [-0.2, 0) is 22.4 Å². The summed E-state index contributed by atoms with van der Waals surface area (Å²) in [5, 5.41) is 21.8. The van der Waals surface area contributed by atoms with Crippen LogP contribution in [0.3, 0.4) is 0 Å². The zero-order valence-electron chi connectivity index (χ0n) is 18.7. The van der Waals surface area contributed by atoms with E-state index in [-0.39, 0.29) is 40.5 Å². The predicted octanol–water partition coefficient (Wildman–Crippen LogP) is 3.36. The van der Waals surface area contributed by atoms with Gasteiger partial charge in [0.25, 0.3) is 0 Å². The maximum absolute atomic E-state index is 12.7. The molecule has 0 bridgehead atoms. The van der Waals surface area contributed by atoms with Gasteiger partial charge in [-0.3, -0.25) is 4.79 Å². The van der Waals surface area contributed by atoms with Crippen molar-refractivity contribution in [1.29, 1.82) is 0 Å². The molecule has 31 heavy (non-hydrogen) atoms. The lowest BCUT2D eigenvalue weighted by Crippen LogP contribution is -2.67. The number of phenols is 1. The second-order valence-corrected chi connectivity index (χ2v) is 10.8. The van der Waals surface area contributed by atoms with E-state index in [0.29, 0.717) is 25.0 Å². The van der Waals surface area contributed by atoms with Gasteiger partial charge in [-0.25, -0.2) is 4.79 Å². The van der Waals surface area contributed by atoms with Gasteiger partial charge in [0.15, 0.2) is 5.78 Å². The SMILES string of the molecule is C[C@@H]1Cc2c3c(cc(O)c2C(=O)O1)O[C@@]1(C)[C@@H](O)C[C@H]2C(C)(C)C(=O)C=C[C@]2(C)[C@@H]1C3. The highest BCUT2D eigenvalue weighted by molar-refractivity contribution is 5.96. The number of aromatic hydroxyl groups is 1. The smallest absolute Gasteiger partial charge is 0.342 e. The van der Waals surface area contributed by atoms with Crippen molar-refractivity contribution in [3.05, 3.63) is 34.9 Å². The normalized spacial score (nSPS) is 40.1. The molecule has 0 amide bonds. The number of ketones is 1. The summed E-state index contributed by atoms with van der Waals surface area (Å²) in [6, 6.07) is 1.48. The third kappa shape index (κ3) is 2.54. The van der Waals surface area contributed by atoms with Crippen LogP contribution in [0.5, 0.6) is 11.5 Å². The molecule has 2 aliphatic heterocycles. The molecule has 5 rings (SSSR count). The Hall–Kier alpha value is -2.34. The van der Waals surface area contributed by atoms with E-state index >= 15 is 0 Å². The number of phenolic OH excluding ortho intramolecular Hbond substituents is 1. The van der Waals surface area contributed by atoms with Crippen LogP contribution in [0.2, 0.25) is 0 Å². The Kier molecular flexibility index (Phi) is 4.06. The van der Waals surface area contributed by atoms with E-state index in [2.05, 4.69) is 6.92 Å². The van der Waals surface area contributed by atoms with Crippen molar-refractivity contribution in [3.8, 4) is 11.5 Å². The van der Waals surface area contributed by atoms with Crippen LogP contribution in [0.4, 0.5) is 0 Å². The predicted molar refractivity (Wildman–Crippen MR) is 113 cm³/mol. The van der Waals surface area contributed by atoms with Crippen molar-refractivity contribution in [2.45, 2.75) is 71.7 Å². The van der Waals surface area contributed by atoms with E-state index in [1.54, 1.807) is 6.08 Å². The van der Waals surface area contributed by atoms with Crippen LogP contribution in [0, 0.1) is 22.7 Å². The zero-order valence-corrected chi connectivity index (χ0v) is 18.7. The van der Waals surface area contributed by atoms with Crippen molar-refractivity contribution in [2.75, 3.05) is 0 Å². The second-order valence-electron chi connectivity index (χ2n) is 10.8. The first-order valence-corrected chi connectivity index (χ1v) is 11.1. The van der Waals surface area contributed by atoms with Gasteiger partial charge in [-0.05, 0) is 55.2 Å². The summed E-state index contributed by atoms with van der Waals surface area (Å²) in [6.45, 7) is 9.86. The number of fused-ring (bicyclic) bond motifs is 6. The molecule has 6 heteroatoms. The Balaban J connectivity index is 1.69. The highest BCUT2D eigenvalue weighted by Crippen LogP contribution is 2.62. The second kappa shape index (κ2) is 6.12. The van der Waals surface area contributed by atoms with Crippen LogP contribution < -0.4 is 4.74 Å². The van der Waals surface area contributed by atoms with Gasteiger partial charge in [0, 0.05) is 23.8 Å². The molecule has 0 spiro atoms. The molecule has 1 aromatic rings. The molecule has 2 heterocycles. The molecule has 1 aromatic carbocycles. The number of ether oxygens (including phenoxy) is 2. The molecule has 4 aliphatic rings. The van der Waals surface area contributed by atoms with Gasteiger partial charge in [0.2, 0.25) is 0 Å². The molecule has 1 saturated carbocycles. The first kappa shape index (κ1) is 20.6. The number of benzene rings is 1. The van der Waals surface area contributed by atoms with E-state index in [0.717, 1.165) is 11.1 Å². The molecule has 0 radical (unpaired) electrons. The Morgan fingerprint density at radius 3 is 2.48 bits per heavy atom. The standard InChI is InChI=1S/C25H30O6/c1-12-8-14-13-9-18-24(4)7-6-19(27)23(2,3)17(24)11-20(28)25(18,5)31-16(13)10-15(26)21(14)22(29)30-12/h6-7,10,12,17-18,20,26,28H,8-9,11H2,1-5H3/t12-,17+,18+,20+,24+,25-/m1/s1. The molecular weight excluding hydrogens is 396 g/mol. The molecular formula is C25H30O6. The average Bonchev–Trinajstić information content (AvgIpc) is 2.66. The van der Waals surface area contributed by atoms with E-state index < -0.39 is 23.1 Å². The molecule has 6 atom stereocenters. The van der Waals surface area contributed by atoms with Gasteiger partial charge in [-0.2, -0.15) is 0 Å². The van der Waals surface area contributed by atoms with Crippen molar-refractivity contribution < 1.29 is 29.3 Å². The third-order valence-electron chi connectivity index (χ3n) is 8.64. The van der Waals surface area contributed by atoms with Crippen molar-refractivity contribution >= 4 is 11.8 Å². The molecule has 166 valence electrons. The lowest BCUT2D eigenvalue weighted by molar-refractivity contribution is -0.190. The molecule has 0 aromatic heterocycles. The summed E-state index contributed by atoms with van der Waals surface area (Å²) in [6.07, 6.45) is 4.21. The topological polar surface area (TPSA) is 93.1 Å². The number of cyclic esters (lactones) is 1. The van der Waals surface area contributed by atoms with Crippen LogP contribution in [0.1, 0.15) is 62.5 Å². The lowest BCUT2D eigenvalue weighted by atomic mass is 9.45. The molecule has 2 aliphatic carbocycles. The number of carbonyl (C=O) groups is 2. The minimum Gasteiger partial charge on any atom is -0.507 e. The summed E-state index contributed by atoms with van der Waals surface area (Å²) in [5.74, 6) is -0.194. The van der Waals surface area contributed by atoms with Crippen LogP contribution in [0.25, 0.3) is 0 Å². The van der Waals surface area contributed by atoms with Crippen LogP contribution in [0.15, 0.2) is 18.2 Å². The minimum absolute atomic E-state index is 0.0347. The number of esters is 1. The Morgan fingerprint density at radius 2 is 1.77 bits per heavy atom. The largest absolute Gasteiger partial charge is 0.507 e. The summed E-state index contributed by atoms with van der Waals surface area (Å²) in [5.41, 5.74) is 0.0671. The Labute approximate surface area is 182 Å². The number of hydrogen-bond acceptors (Lipinski definition) is 6. The van der Waals surface area contributed by atoms with Crippen molar-refractivity contribution in [1.82, 2.24) is 0 Å². The summed E-state index contributed by atoms with van der Waals surface area (Å²) in [7, 11) is 0. The number of aliphatic hydroxyl groups excluding tert-OH is 1. The van der Waals surface area contributed by atoms with Gasteiger partial charge in [0.1, 0.15) is 28.8 Å². The monoisotopic (exact) mass is 426 g/mol. The van der Waals surface area contributed by atoms with E-state index in [9.17, 15) is 19.8 Å². The number of aliphatic hydroxyl groups is 1. The van der Waals surface area contributed by atoms with Gasteiger partial charge in [0.05, 0.1) is 6.10 Å². The molecule has 1 fully saturated rings. The first-order valence-electron chi connectivity index (χ1n) is 11.1. The minimum atomic E-state index is -0.874. The summed E-state index contributed by atoms with van der Waals surface area (Å²) in [4.78, 5) is 25.2. The fraction of sp³-hybridized carbons (Fsp3) is 0.600.